The summed E-state index contributed by atoms with van der Waals surface area (Å²) >= 11 is 0. The fourth-order valence-corrected chi connectivity index (χ4v) is 11.1. The van der Waals surface area contributed by atoms with Crippen molar-refractivity contribution in [2.75, 3.05) is 19.6 Å². The minimum atomic E-state index is -5.72. The minimum Gasteiger partial charge on any atom is -0.376 e. The van der Waals surface area contributed by atoms with Crippen molar-refractivity contribution in [3.05, 3.63) is 65.2 Å². The molecule has 6 atom stereocenters. The molecule has 5 fully saturated rings. The van der Waals surface area contributed by atoms with Crippen molar-refractivity contribution >= 4 is 10.1 Å². The van der Waals surface area contributed by atoms with Gasteiger partial charge in [-0.3, -0.25) is 9.80 Å². The number of piperidine rings is 2. The Bertz CT molecular complexity index is 1480. The molecule has 2 saturated heterocycles. The summed E-state index contributed by atoms with van der Waals surface area (Å²) in [6, 6.07) is 16.4. The van der Waals surface area contributed by atoms with E-state index in [1.165, 1.54) is 50.2 Å². The van der Waals surface area contributed by atoms with E-state index in [-0.39, 0.29) is 16.6 Å². The maximum Gasteiger partial charge on any atom is 0.534 e. The predicted octanol–water partition coefficient (Wildman–Crippen LogP) is 6.18. The van der Waals surface area contributed by atoms with E-state index < -0.39 is 15.6 Å². The van der Waals surface area contributed by atoms with Crippen LogP contribution in [0.25, 0.3) is 0 Å². The van der Waals surface area contributed by atoms with Crippen molar-refractivity contribution < 1.29 is 25.8 Å². The molecule has 5 unspecified atom stereocenters. The number of rotatable bonds is 6. The average Bonchev–Trinajstić information content (AvgIpc) is 3.68. The number of halogens is 3. The topological polar surface area (TPSA) is 49.9 Å². The van der Waals surface area contributed by atoms with Crippen molar-refractivity contribution in [1.82, 2.24) is 9.80 Å². The van der Waals surface area contributed by atoms with E-state index in [2.05, 4.69) is 44.3 Å². The predicted molar refractivity (Wildman–Crippen MR) is 153 cm³/mol. The van der Waals surface area contributed by atoms with Crippen LogP contribution in [0.1, 0.15) is 61.6 Å². The molecule has 2 aromatic rings. The molecule has 0 radical (unpaired) electrons. The van der Waals surface area contributed by atoms with Gasteiger partial charge in [0.05, 0.1) is 0 Å². The van der Waals surface area contributed by atoms with Crippen LogP contribution in [0.5, 0.6) is 5.75 Å². The number of alkyl halides is 3. The summed E-state index contributed by atoms with van der Waals surface area (Å²) in [6.07, 6.45) is 10.4. The van der Waals surface area contributed by atoms with Gasteiger partial charge in [0, 0.05) is 31.7 Å². The van der Waals surface area contributed by atoms with Gasteiger partial charge in [-0.15, -0.1) is 0 Å². The van der Waals surface area contributed by atoms with Gasteiger partial charge in [0.1, 0.15) is 5.75 Å². The molecule has 6 aliphatic rings. The van der Waals surface area contributed by atoms with E-state index in [1.54, 1.807) is 6.07 Å². The zero-order valence-corrected chi connectivity index (χ0v) is 24.7. The Kier molecular flexibility index (Phi) is 6.18. The molecule has 2 bridgehead atoms. The lowest BCUT2D eigenvalue weighted by Gasteiger charge is -2.75. The molecule has 0 amide bonds. The lowest BCUT2D eigenvalue weighted by molar-refractivity contribution is -0.255. The zero-order valence-electron chi connectivity index (χ0n) is 23.9. The van der Waals surface area contributed by atoms with Crippen LogP contribution in [0, 0.1) is 28.6 Å². The maximum absolute atomic E-state index is 13.2. The highest BCUT2D eigenvalue weighted by molar-refractivity contribution is 7.88. The summed E-state index contributed by atoms with van der Waals surface area (Å²) in [5.41, 5.74) is -1.49. The third kappa shape index (κ3) is 4.05. The van der Waals surface area contributed by atoms with Crippen LogP contribution in [-0.2, 0) is 29.5 Å². The molecule has 4 aliphatic carbocycles. The van der Waals surface area contributed by atoms with Crippen LogP contribution >= 0.6 is 0 Å². The van der Waals surface area contributed by atoms with E-state index in [9.17, 15) is 21.6 Å². The quantitative estimate of drug-likeness (QED) is 0.293. The second-order valence-electron chi connectivity index (χ2n) is 14.1. The smallest absolute Gasteiger partial charge is 0.376 e. The number of nitrogens with zero attached hydrogens (tertiary/aromatic N) is 2. The second kappa shape index (κ2) is 9.45. The average molecular weight is 601 g/mol. The van der Waals surface area contributed by atoms with Gasteiger partial charge >= 0.3 is 15.6 Å². The molecule has 2 heterocycles. The van der Waals surface area contributed by atoms with Gasteiger partial charge in [0.2, 0.25) is 0 Å². The van der Waals surface area contributed by atoms with Crippen LogP contribution < -0.4 is 4.18 Å². The van der Waals surface area contributed by atoms with Gasteiger partial charge in [-0.25, -0.2) is 0 Å². The molecule has 2 spiro atoms. The van der Waals surface area contributed by atoms with Crippen LogP contribution in [-0.4, -0.2) is 55.4 Å². The first-order valence-corrected chi connectivity index (χ1v) is 17.2. The largest absolute Gasteiger partial charge is 0.534 e. The van der Waals surface area contributed by atoms with Crippen molar-refractivity contribution in [2.45, 2.75) is 81.9 Å². The van der Waals surface area contributed by atoms with E-state index in [0.29, 0.717) is 23.9 Å². The lowest BCUT2D eigenvalue weighted by Crippen LogP contribution is -2.75. The molecule has 2 aromatic carbocycles. The first-order chi connectivity index (χ1) is 20.1. The Morgan fingerprint density at radius 2 is 1.76 bits per heavy atom. The highest BCUT2D eigenvalue weighted by Gasteiger charge is 2.76. The zero-order chi connectivity index (χ0) is 28.9. The van der Waals surface area contributed by atoms with Crippen molar-refractivity contribution in [3.63, 3.8) is 0 Å². The van der Waals surface area contributed by atoms with E-state index >= 15 is 0 Å². The summed E-state index contributed by atoms with van der Waals surface area (Å²) in [5, 5.41) is 0. The van der Waals surface area contributed by atoms with Gasteiger partial charge in [-0.1, -0.05) is 36.4 Å². The van der Waals surface area contributed by atoms with Crippen molar-refractivity contribution in [1.29, 1.82) is 0 Å². The van der Waals surface area contributed by atoms with Crippen LogP contribution in [0.4, 0.5) is 13.2 Å². The molecule has 8 rings (SSSR count). The van der Waals surface area contributed by atoms with Gasteiger partial charge in [0.15, 0.2) is 0 Å². The normalized spacial score (nSPS) is 36.2. The molecule has 0 aromatic heterocycles. The molecule has 226 valence electrons. The highest BCUT2D eigenvalue weighted by Crippen LogP contribution is 2.77. The Morgan fingerprint density at radius 3 is 2.52 bits per heavy atom. The Labute approximate surface area is 246 Å². The summed E-state index contributed by atoms with van der Waals surface area (Å²) in [6.45, 7) is 4.31. The Morgan fingerprint density at radius 1 is 0.952 bits per heavy atom. The van der Waals surface area contributed by atoms with E-state index in [0.717, 1.165) is 62.5 Å². The third-order valence-corrected chi connectivity index (χ3v) is 13.2. The van der Waals surface area contributed by atoms with Gasteiger partial charge < -0.3 is 4.18 Å². The van der Waals surface area contributed by atoms with Crippen LogP contribution in [0.15, 0.2) is 48.5 Å². The third-order valence-electron chi connectivity index (χ3n) is 12.3. The van der Waals surface area contributed by atoms with Crippen molar-refractivity contribution in [3.8, 4) is 5.75 Å². The van der Waals surface area contributed by atoms with E-state index in [1.807, 2.05) is 6.07 Å². The SMILES string of the molecule is O=S(=O)(Oc1ccc2c(c1)CC1C3CCC14[C@@H](CN3Cc1ccccc1)CC41CCCN(CC3CC3)C1C2)C(F)(F)F. The molecule has 42 heavy (non-hydrogen) atoms. The minimum absolute atomic E-state index is 0.233. The number of likely N-dealkylation sites (tertiary alicyclic amines) is 2. The van der Waals surface area contributed by atoms with Gasteiger partial charge in [0.25, 0.3) is 0 Å². The van der Waals surface area contributed by atoms with E-state index in [4.69, 9.17) is 0 Å². The first-order valence-electron chi connectivity index (χ1n) is 15.7. The molecular weight excluding hydrogens is 561 g/mol. The lowest BCUT2D eigenvalue weighted by atomic mass is 9.34. The Hall–Kier alpha value is -2.10. The number of hydrogen-bond donors (Lipinski definition) is 0. The fraction of sp³-hybridized carbons (Fsp3) is 0.636. The number of hydrogen-bond acceptors (Lipinski definition) is 5. The van der Waals surface area contributed by atoms with Crippen LogP contribution in [0.3, 0.4) is 0 Å². The highest BCUT2D eigenvalue weighted by atomic mass is 32.2. The second-order valence-corrected chi connectivity index (χ2v) is 15.6. The van der Waals surface area contributed by atoms with Crippen LogP contribution in [0.2, 0.25) is 0 Å². The first kappa shape index (κ1) is 27.4. The molecule has 5 nitrogen and oxygen atoms in total. The summed E-state index contributed by atoms with van der Waals surface area (Å²) in [7, 11) is -5.72. The molecule has 9 heteroatoms. The molecule has 3 saturated carbocycles. The van der Waals surface area contributed by atoms with Crippen molar-refractivity contribution in [2.24, 2.45) is 28.6 Å². The monoisotopic (exact) mass is 600 g/mol. The molecule has 2 aliphatic heterocycles. The van der Waals surface area contributed by atoms with Gasteiger partial charge in [-0.2, -0.15) is 21.6 Å². The maximum atomic E-state index is 13.2. The Balaban J connectivity index is 1.20. The molecule has 0 N–H and O–H groups in total. The van der Waals surface area contributed by atoms with Gasteiger partial charge in [-0.05, 0) is 122 Å². The summed E-state index contributed by atoms with van der Waals surface area (Å²) in [4.78, 5) is 5.48. The molecular formula is C33H39F3N2O3S. The number of fused-ring (bicyclic) bond motifs is 1. The summed E-state index contributed by atoms with van der Waals surface area (Å²) in [5.74, 6) is 1.58. The fourth-order valence-electron chi connectivity index (χ4n) is 10.6. The summed E-state index contributed by atoms with van der Waals surface area (Å²) < 4.78 is 68.0. The standard InChI is InChI=1S/C33H39F3N2O3S/c34-33(35,36)42(39,40)41-27-10-9-24-17-30-31(12-4-14-37(30)19-23-7-8-23)18-26-21-38(20-22-5-2-1-3-6-22)29-11-13-32(26,31)28(29)16-25(24)15-27/h1-3,5-6,9-10,15,23,26,28-30H,4,7-8,11-14,16-21H2/t26-,28?,29?,30?,31?,32?/m1/s1. The number of benzene rings is 2.